The molecule has 140 valence electrons. The Kier molecular flexibility index (Phi) is 6.96. The van der Waals surface area contributed by atoms with Crippen LogP contribution in [-0.4, -0.2) is 30.2 Å². The number of carbonyl (C=O) groups is 1. The van der Waals surface area contributed by atoms with Gasteiger partial charge in [0.1, 0.15) is 0 Å². The minimum Gasteiger partial charge on any atom is -0.454 e. The fraction of sp³-hybridized carbons (Fsp3) is 0.632. The van der Waals surface area contributed by atoms with Gasteiger partial charge in [0.2, 0.25) is 12.7 Å². The summed E-state index contributed by atoms with van der Waals surface area (Å²) >= 11 is 0. The van der Waals surface area contributed by atoms with Crippen LogP contribution in [0.2, 0.25) is 0 Å². The van der Waals surface area contributed by atoms with Gasteiger partial charge < -0.3 is 20.1 Å². The Morgan fingerprint density at radius 1 is 1.24 bits per heavy atom. The smallest absolute Gasteiger partial charge is 0.231 e. The zero-order valence-electron chi connectivity index (χ0n) is 15.1. The number of nitrogens with two attached hydrogens (primary N) is 1. The minimum atomic E-state index is -0.140. The Labute approximate surface area is 156 Å². The molecule has 0 spiro atoms. The molecule has 0 saturated heterocycles. The van der Waals surface area contributed by atoms with E-state index in [-0.39, 0.29) is 31.0 Å². The Hall–Kier alpha value is -1.46. The van der Waals surface area contributed by atoms with E-state index in [1.807, 2.05) is 30.0 Å². The number of nitrogens with zero attached hydrogens (tertiary/aromatic N) is 1. The van der Waals surface area contributed by atoms with Crippen LogP contribution in [0.3, 0.4) is 0 Å². The lowest BCUT2D eigenvalue weighted by Crippen LogP contribution is -2.45. The molecule has 1 fully saturated rings. The van der Waals surface area contributed by atoms with Crippen molar-refractivity contribution in [3.63, 3.8) is 0 Å². The van der Waals surface area contributed by atoms with Gasteiger partial charge in [0.25, 0.3) is 0 Å². The lowest BCUT2D eigenvalue weighted by Gasteiger charge is -2.37. The van der Waals surface area contributed by atoms with Gasteiger partial charge in [-0.25, -0.2) is 0 Å². The molecule has 1 heterocycles. The molecule has 2 N–H and O–H groups in total. The van der Waals surface area contributed by atoms with Gasteiger partial charge in [0.15, 0.2) is 11.5 Å². The van der Waals surface area contributed by atoms with E-state index < -0.39 is 0 Å². The van der Waals surface area contributed by atoms with E-state index in [0.29, 0.717) is 19.1 Å². The van der Waals surface area contributed by atoms with E-state index in [0.717, 1.165) is 35.8 Å². The summed E-state index contributed by atoms with van der Waals surface area (Å²) < 4.78 is 10.8. The molecule has 1 amide bonds. The molecule has 0 aromatic heterocycles. The molecule has 1 aromatic rings. The van der Waals surface area contributed by atoms with Gasteiger partial charge in [-0.1, -0.05) is 19.9 Å². The van der Waals surface area contributed by atoms with Crippen LogP contribution < -0.4 is 15.2 Å². The normalized spacial score (nSPS) is 22.8. The van der Waals surface area contributed by atoms with Gasteiger partial charge in [-0.05, 0) is 49.3 Å². The van der Waals surface area contributed by atoms with Crippen molar-refractivity contribution in [1.82, 2.24) is 4.90 Å². The topological polar surface area (TPSA) is 64.8 Å². The summed E-state index contributed by atoms with van der Waals surface area (Å²) in [5.74, 6) is 2.33. The van der Waals surface area contributed by atoms with E-state index in [4.69, 9.17) is 15.2 Å². The molecule has 1 atom stereocenters. The van der Waals surface area contributed by atoms with Gasteiger partial charge in [0, 0.05) is 25.0 Å². The maximum Gasteiger partial charge on any atom is 0.231 e. The maximum atomic E-state index is 12.9. The summed E-state index contributed by atoms with van der Waals surface area (Å²) in [4.78, 5) is 14.9. The van der Waals surface area contributed by atoms with E-state index in [1.165, 1.54) is 12.8 Å². The summed E-state index contributed by atoms with van der Waals surface area (Å²) in [6.45, 7) is 5.48. The summed E-state index contributed by atoms with van der Waals surface area (Å²) in [6, 6.07) is 6.25. The average molecular weight is 369 g/mol. The SMILES string of the molecule is CC1CCC(N(Cc2ccc3c(c2)OCO3)C(=O)C(C)CN)CC1.Cl. The molecule has 1 aromatic carbocycles. The first-order valence-corrected chi connectivity index (χ1v) is 8.97. The monoisotopic (exact) mass is 368 g/mol. The van der Waals surface area contributed by atoms with Crippen molar-refractivity contribution >= 4 is 18.3 Å². The predicted octanol–water partition coefficient (Wildman–Crippen LogP) is 3.34. The second-order valence-corrected chi connectivity index (χ2v) is 7.20. The van der Waals surface area contributed by atoms with Crippen LogP contribution >= 0.6 is 12.4 Å². The first-order valence-electron chi connectivity index (χ1n) is 8.97. The van der Waals surface area contributed by atoms with Crippen LogP contribution in [0.4, 0.5) is 0 Å². The molecule has 0 bridgehead atoms. The number of amides is 1. The first kappa shape index (κ1) is 19.9. The molecule has 25 heavy (non-hydrogen) atoms. The van der Waals surface area contributed by atoms with Crippen molar-refractivity contribution < 1.29 is 14.3 Å². The van der Waals surface area contributed by atoms with Crippen LogP contribution in [0.25, 0.3) is 0 Å². The second-order valence-electron chi connectivity index (χ2n) is 7.20. The molecular formula is C19H29ClN2O3. The van der Waals surface area contributed by atoms with E-state index in [9.17, 15) is 4.79 Å². The van der Waals surface area contributed by atoms with Gasteiger partial charge in [0.05, 0.1) is 0 Å². The summed E-state index contributed by atoms with van der Waals surface area (Å²) in [7, 11) is 0. The number of hydrogen-bond acceptors (Lipinski definition) is 4. The van der Waals surface area contributed by atoms with Crippen molar-refractivity contribution in [1.29, 1.82) is 0 Å². The first-order chi connectivity index (χ1) is 11.6. The van der Waals surface area contributed by atoms with Gasteiger partial charge in [-0.3, -0.25) is 4.79 Å². The Morgan fingerprint density at radius 3 is 2.60 bits per heavy atom. The quantitative estimate of drug-likeness (QED) is 0.865. The third kappa shape index (κ3) is 4.59. The molecule has 0 radical (unpaired) electrons. The largest absolute Gasteiger partial charge is 0.454 e. The molecule has 1 aliphatic heterocycles. The zero-order valence-corrected chi connectivity index (χ0v) is 15.9. The van der Waals surface area contributed by atoms with Crippen LogP contribution in [0, 0.1) is 11.8 Å². The van der Waals surface area contributed by atoms with E-state index in [1.54, 1.807) is 0 Å². The number of hydrogen-bond donors (Lipinski definition) is 1. The number of halogens is 1. The highest BCUT2D eigenvalue weighted by atomic mass is 35.5. The highest BCUT2D eigenvalue weighted by molar-refractivity contribution is 5.85. The lowest BCUT2D eigenvalue weighted by molar-refractivity contribution is -0.138. The number of benzene rings is 1. The zero-order chi connectivity index (χ0) is 17.1. The van der Waals surface area contributed by atoms with Crippen molar-refractivity contribution in [3.05, 3.63) is 23.8 Å². The minimum absolute atomic E-state index is 0. The van der Waals surface area contributed by atoms with Crippen LogP contribution in [-0.2, 0) is 11.3 Å². The summed E-state index contributed by atoms with van der Waals surface area (Å²) in [6.07, 6.45) is 4.53. The van der Waals surface area contributed by atoms with Crippen molar-refractivity contribution in [2.75, 3.05) is 13.3 Å². The average Bonchev–Trinajstić information content (AvgIpc) is 3.07. The third-order valence-electron chi connectivity index (χ3n) is 5.27. The number of rotatable bonds is 5. The Balaban J connectivity index is 0.00000225. The third-order valence-corrected chi connectivity index (χ3v) is 5.27. The molecule has 5 nitrogen and oxygen atoms in total. The predicted molar refractivity (Wildman–Crippen MR) is 100 cm³/mol. The van der Waals surface area contributed by atoms with Crippen molar-refractivity contribution in [2.45, 2.75) is 52.1 Å². The number of ether oxygens (including phenoxy) is 2. The molecule has 3 rings (SSSR count). The molecule has 1 unspecified atom stereocenters. The van der Waals surface area contributed by atoms with Gasteiger partial charge >= 0.3 is 0 Å². The standard InChI is InChI=1S/C19H28N2O3.ClH/c1-13-3-6-16(7-4-13)21(19(22)14(2)10-20)11-15-5-8-17-18(9-15)24-12-23-17;/h5,8-9,13-14,16H,3-4,6-7,10-12,20H2,1-2H3;1H. The summed E-state index contributed by atoms with van der Waals surface area (Å²) in [5.41, 5.74) is 6.82. The van der Waals surface area contributed by atoms with Gasteiger partial charge in [-0.2, -0.15) is 0 Å². The number of fused-ring (bicyclic) bond motifs is 1. The van der Waals surface area contributed by atoms with Gasteiger partial charge in [-0.15, -0.1) is 12.4 Å². The van der Waals surface area contributed by atoms with E-state index in [2.05, 4.69) is 6.92 Å². The highest BCUT2D eigenvalue weighted by Gasteiger charge is 2.30. The lowest BCUT2D eigenvalue weighted by atomic mass is 9.86. The molecular weight excluding hydrogens is 340 g/mol. The van der Waals surface area contributed by atoms with Crippen molar-refractivity contribution in [3.8, 4) is 11.5 Å². The molecule has 6 heteroatoms. The Morgan fingerprint density at radius 2 is 1.92 bits per heavy atom. The van der Waals surface area contributed by atoms with Crippen LogP contribution in [0.15, 0.2) is 18.2 Å². The highest BCUT2D eigenvalue weighted by Crippen LogP contribution is 2.34. The molecule has 2 aliphatic rings. The Bertz CT molecular complexity index is 588. The number of carbonyl (C=O) groups excluding carboxylic acids is 1. The molecule has 1 aliphatic carbocycles. The molecule has 1 saturated carbocycles. The van der Waals surface area contributed by atoms with Crippen LogP contribution in [0.1, 0.15) is 45.1 Å². The van der Waals surface area contributed by atoms with Crippen molar-refractivity contribution in [2.24, 2.45) is 17.6 Å². The van der Waals surface area contributed by atoms with Crippen LogP contribution in [0.5, 0.6) is 11.5 Å². The fourth-order valence-corrected chi connectivity index (χ4v) is 3.56. The fourth-order valence-electron chi connectivity index (χ4n) is 3.56. The maximum absolute atomic E-state index is 12.9. The summed E-state index contributed by atoms with van der Waals surface area (Å²) in [5, 5.41) is 0. The second kappa shape index (κ2) is 8.77. The van der Waals surface area contributed by atoms with E-state index >= 15 is 0 Å².